The number of rotatable bonds is 5. The highest BCUT2D eigenvalue weighted by molar-refractivity contribution is 6.19. The molecule has 7 nitrogen and oxygen atoms in total. The quantitative estimate of drug-likeness (QED) is 0.435. The Morgan fingerprint density at radius 2 is 1.70 bits per heavy atom. The van der Waals surface area contributed by atoms with Crippen LogP contribution in [0.3, 0.4) is 0 Å². The number of aromatic amines is 1. The van der Waals surface area contributed by atoms with E-state index in [2.05, 4.69) is 20.3 Å². The van der Waals surface area contributed by atoms with Crippen molar-refractivity contribution >= 4 is 34.2 Å². The molecule has 0 aliphatic heterocycles. The highest BCUT2D eigenvalue weighted by Gasteiger charge is 2.27. The first-order valence-electron chi connectivity index (χ1n) is 8.54. The predicted molar refractivity (Wildman–Crippen MR) is 102 cm³/mol. The second kappa shape index (κ2) is 7.32. The predicted octanol–water partition coefficient (Wildman–Crippen LogP) is 3.45. The van der Waals surface area contributed by atoms with Gasteiger partial charge in [-0.2, -0.15) is 0 Å². The lowest BCUT2D eigenvalue weighted by atomic mass is 9.99. The molecule has 0 fully saturated rings. The number of anilines is 2. The number of hydrogen-bond acceptors (Lipinski definition) is 5. The van der Waals surface area contributed by atoms with Gasteiger partial charge in [-0.3, -0.25) is 9.59 Å². The average molecular weight is 411 g/mol. The topological polar surface area (TPSA) is 114 Å². The molecule has 0 bridgehead atoms. The van der Waals surface area contributed by atoms with Crippen LogP contribution in [-0.2, 0) is 0 Å². The number of nitrogens with zero attached hydrogens (tertiary/aromatic N) is 2. The van der Waals surface area contributed by atoms with E-state index in [1.54, 1.807) is 0 Å². The van der Waals surface area contributed by atoms with E-state index in [1.807, 2.05) is 0 Å². The number of fused-ring (bicyclic) bond motifs is 1. The maximum atomic E-state index is 14.7. The van der Waals surface area contributed by atoms with Gasteiger partial charge in [0.25, 0.3) is 5.91 Å². The van der Waals surface area contributed by atoms with Crippen LogP contribution >= 0.6 is 0 Å². The molecule has 2 heterocycles. The zero-order valence-electron chi connectivity index (χ0n) is 15.0. The zero-order chi connectivity index (χ0) is 21.4. The maximum absolute atomic E-state index is 14.7. The molecule has 0 aliphatic rings. The number of nitrogens with two attached hydrogens (primary N) is 1. The maximum Gasteiger partial charge on any atom is 0.251 e. The summed E-state index contributed by atoms with van der Waals surface area (Å²) >= 11 is 0. The van der Waals surface area contributed by atoms with Gasteiger partial charge >= 0.3 is 0 Å². The average Bonchev–Trinajstić information content (AvgIpc) is 3.14. The van der Waals surface area contributed by atoms with E-state index in [9.17, 15) is 22.8 Å². The molecule has 4 aromatic rings. The Morgan fingerprint density at radius 1 is 0.967 bits per heavy atom. The number of nitrogens with one attached hydrogen (secondary N) is 2. The summed E-state index contributed by atoms with van der Waals surface area (Å²) < 4.78 is 42.1. The van der Waals surface area contributed by atoms with Gasteiger partial charge in [0.1, 0.15) is 35.2 Å². The molecule has 0 saturated heterocycles. The number of hydrogen-bond donors (Lipinski definition) is 3. The molecule has 150 valence electrons. The SMILES string of the molecule is NC(=O)c1ccc(F)c(C(=O)c2c[nH]c3ncnc(Nc4ccc(F)cc4)c23)c1F. The molecule has 4 N–H and O–H groups in total. The lowest BCUT2D eigenvalue weighted by Crippen LogP contribution is -2.17. The third-order valence-corrected chi connectivity index (χ3v) is 4.41. The van der Waals surface area contributed by atoms with E-state index in [1.165, 1.54) is 36.8 Å². The Labute approximate surface area is 166 Å². The summed E-state index contributed by atoms with van der Waals surface area (Å²) in [5.41, 5.74) is 4.11. The van der Waals surface area contributed by atoms with Crippen molar-refractivity contribution in [2.24, 2.45) is 5.73 Å². The number of halogens is 3. The van der Waals surface area contributed by atoms with Crippen molar-refractivity contribution in [2.75, 3.05) is 5.32 Å². The number of carbonyl (C=O) groups is 2. The number of primary amides is 1. The molecule has 2 aromatic heterocycles. The number of aromatic nitrogens is 3. The van der Waals surface area contributed by atoms with E-state index < -0.39 is 40.3 Å². The molecule has 0 aliphatic carbocycles. The molecule has 0 unspecified atom stereocenters. The number of amides is 1. The highest BCUT2D eigenvalue weighted by atomic mass is 19.1. The summed E-state index contributed by atoms with van der Waals surface area (Å²) in [5.74, 6) is -4.96. The Morgan fingerprint density at radius 3 is 2.40 bits per heavy atom. The fraction of sp³-hybridized carbons (Fsp3) is 0. The molecular weight excluding hydrogens is 399 g/mol. The molecule has 0 spiro atoms. The largest absolute Gasteiger partial charge is 0.366 e. The van der Waals surface area contributed by atoms with Gasteiger partial charge in [-0.15, -0.1) is 0 Å². The lowest BCUT2D eigenvalue weighted by Gasteiger charge is -2.09. The molecule has 10 heteroatoms. The summed E-state index contributed by atoms with van der Waals surface area (Å²) in [5, 5.41) is 3.08. The lowest BCUT2D eigenvalue weighted by molar-refractivity contribution is 0.0996. The van der Waals surface area contributed by atoms with Crippen LogP contribution in [0.25, 0.3) is 11.0 Å². The first kappa shape index (κ1) is 19.1. The van der Waals surface area contributed by atoms with Crippen LogP contribution in [-0.4, -0.2) is 26.6 Å². The van der Waals surface area contributed by atoms with E-state index in [-0.39, 0.29) is 22.4 Å². The van der Waals surface area contributed by atoms with Crippen LogP contribution in [0.1, 0.15) is 26.3 Å². The minimum absolute atomic E-state index is 0.130. The molecule has 0 saturated carbocycles. The number of H-pyrrole nitrogens is 1. The first-order valence-corrected chi connectivity index (χ1v) is 8.54. The Kier molecular flexibility index (Phi) is 4.66. The van der Waals surface area contributed by atoms with Gasteiger partial charge in [-0.1, -0.05) is 0 Å². The molecule has 4 rings (SSSR count). The molecule has 0 radical (unpaired) electrons. The third kappa shape index (κ3) is 3.24. The number of carbonyl (C=O) groups excluding carboxylic acids is 2. The fourth-order valence-electron chi connectivity index (χ4n) is 2.99. The fourth-order valence-corrected chi connectivity index (χ4v) is 2.99. The van der Waals surface area contributed by atoms with Gasteiger partial charge in [0.2, 0.25) is 5.78 Å². The van der Waals surface area contributed by atoms with Crippen LogP contribution in [0.4, 0.5) is 24.7 Å². The van der Waals surface area contributed by atoms with E-state index in [0.29, 0.717) is 5.69 Å². The van der Waals surface area contributed by atoms with Gasteiger partial charge in [0.05, 0.1) is 22.1 Å². The van der Waals surface area contributed by atoms with Crippen molar-refractivity contribution < 1.29 is 22.8 Å². The van der Waals surface area contributed by atoms with Crippen molar-refractivity contribution in [3.05, 3.63) is 83.1 Å². The summed E-state index contributed by atoms with van der Waals surface area (Å²) in [4.78, 5) is 35.2. The standard InChI is InChI=1S/C20H12F3N5O2/c21-9-1-3-10(4-2-9)28-20-14-12(7-25-19(14)26-8-27-20)17(29)15-13(22)6-5-11(16(15)23)18(24)30/h1-8H,(H2,24,30)(H2,25,26,27,28). The van der Waals surface area contributed by atoms with Gasteiger partial charge in [-0.05, 0) is 36.4 Å². The highest BCUT2D eigenvalue weighted by Crippen LogP contribution is 2.29. The second-order valence-electron chi connectivity index (χ2n) is 6.26. The minimum atomic E-state index is -1.35. The van der Waals surface area contributed by atoms with Crippen LogP contribution in [0.5, 0.6) is 0 Å². The molecule has 0 atom stereocenters. The number of ketones is 1. The van der Waals surface area contributed by atoms with Crippen LogP contribution < -0.4 is 11.1 Å². The monoisotopic (exact) mass is 411 g/mol. The third-order valence-electron chi connectivity index (χ3n) is 4.41. The first-order chi connectivity index (χ1) is 14.4. The Hall–Kier alpha value is -4.21. The summed E-state index contributed by atoms with van der Waals surface area (Å²) in [6.45, 7) is 0. The van der Waals surface area contributed by atoms with Crippen molar-refractivity contribution in [1.82, 2.24) is 15.0 Å². The molecular formula is C20H12F3N5O2. The van der Waals surface area contributed by atoms with Crippen LogP contribution in [0, 0.1) is 17.5 Å². The second-order valence-corrected chi connectivity index (χ2v) is 6.26. The van der Waals surface area contributed by atoms with E-state index >= 15 is 0 Å². The van der Waals surface area contributed by atoms with Gasteiger partial charge in [0, 0.05) is 11.9 Å². The van der Waals surface area contributed by atoms with Gasteiger partial charge in [-0.25, -0.2) is 23.1 Å². The van der Waals surface area contributed by atoms with Crippen LogP contribution in [0.2, 0.25) is 0 Å². The summed E-state index contributed by atoms with van der Waals surface area (Å²) in [7, 11) is 0. The van der Waals surface area contributed by atoms with Crippen molar-refractivity contribution in [3.8, 4) is 0 Å². The smallest absolute Gasteiger partial charge is 0.251 e. The normalized spacial score (nSPS) is 10.9. The minimum Gasteiger partial charge on any atom is -0.366 e. The molecule has 1 amide bonds. The van der Waals surface area contributed by atoms with Gasteiger partial charge in [0.15, 0.2) is 0 Å². The molecule has 30 heavy (non-hydrogen) atoms. The Bertz CT molecular complexity index is 1300. The zero-order valence-corrected chi connectivity index (χ0v) is 15.0. The molecule has 2 aromatic carbocycles. The Balaban J connectivity index is 1.84. The van der Waals surface area contributed by atoms with Crippen LogP contribution in [0.15, 0.2) is 48.9 Å². The van der Waals surface area contributed by atoms with E-state index in [4.69, 9.17) is 5.73 Å². The number of benzene rings is 2. The van der Waals surface area contributed by atoms with Crippen molar-refractivity contribution in [3.63, 3.8) is 0 Å². The van der Waals surface area contributed by atoms with Gasteiger partial charge < -0.3 is 16.0 Å². The summed E-state index contributed by atoms with van der Waals surface area (Å²) in [6, 6.07) is 7.01. The van der Waals surface area contributed by atoms with E-state index in [0.717, 1.165) is 12.1 Å². The van der Waals surface area contributed by atoms with Crippen molar-refractivity contribution in [2.45, 2.75) is 0 Å². The van der Waals surface area contributed by atoms with Crippen molar-refractivity contribution in [1.29, 1.82) is 0 Å². The summed E-state index contributed by atoms with van der Waals surface area (Å²) in [6.07, 6.45) is 2.45.